The molecule has 1 saturated heterocycles. The molecule has 9 nitrogen and oxygen atoms in total. The molecule has 0 radical (unpaired) electrons. The van der Waals surface area contributed by atoms with E-state index in [-0.39, 0.29) is 11.7 Å². The largest absolute Gasteiger partial charge is 0.380 e. The first kappa shape index (κ1) is 25.0. The number of methoxy groups -OCH3 is 1. The van der Waals surface area contributed by atoms with Crippen LogP contribution in [0.5, 0.6) is 0 Å². The first-order chi connectivity index (χ1) is 15.7. The van der Waals surface area contributed by atoms with E-state index in [1.165, 1.54) is 22.3 Å². The first-order valence-corrected chi connectivity index (χ1v) is 13.2. The van der Waals surface area contributed by atoms with Gasteiger partial charge in [0.05, 0.1) is 35.6 Å². The predicted molar refractivity (Wildman–Crippen MR) is 129 cm³/mol. The van der Waals surface area contributed by atoms with Gasteiger partial charge in [0.25, 0.3) is 0 Å². The van der Waals surface area contributed by atoms with E-state index in [4.69, 9.17) is 4.74 Å². The summed E-state index contributed by atoms with van der Waals surface area (Å²) in [5.41, 5.74) is 3.42. The smallest absolute Gasteiger partial charge is 0.234 e. The summed E-state index contributed by atoms with van der Waals surface area (Å²) >= 11 is 1.21. The summed E-state index contributed by atoms with van der Waals surface area (Å²) in [5.74, 6) is -0.129. The van der Waals surface area contributed by atoms with Crippen LogP contribution in [0.4, 0.5) is 11.4 Å². The van der Waals surface area contributed by atoms with Gasteiger partial charge in [-0.15, -0.1) is 0 Å². The molecule has 0 atom stereocenters. The van der Waals surface area contributed by atoms with Gasteiger partial charge in [-0.2, -0.15) is 9.57 Å². The van der Waals surface area contributed by atoms with Crippen LogP contribution in [0.15, 0.2) is 35.4 Å². The Kier molecular flexibility index (Phi) is 8.31. The van der Waals surface area contributed by atoms with E-state index in [1.54, 1.807) is 7.11 Å². The van der Waals surface area contributed by atoms with Crippen molar-refractivity contribution < 1.29 is 17.9 Å². The molecule has 0 unspecified atom stereocenters. The number of nitrogens with zero attached hydrogens (tertiary/aromatic N) is 4. The first-order valence-electron chi connectivity index (χ1n) is 10.3. The van der Waals surface area contributed by atoms with Crippen molar-refractivity contribution in [2.75, 3.05) is 55.5 Å². The highest BCUT2D eigenvalue weighted by Gasteiger charge is 2.25. The molecule has 1 fully saturated rings. The number of hydrogen-bond donors (Lipinski definition) is 1. The van der Waals surface area contributed by atoms with Gasteiger partial charge in [-0.25, -0.2) is 13.4 Å². The number of carbonyl (C=O) groups is 1. The Balaban J connectivity index is 1.68. The number of sulfonamides is 1. The molecule has 0 saturated carbocycles. The van der Waals surface area contributed by atoms with E-state index < -0.39 is 10.0 Å². The molecular weight excluding hydrogens is 462 g/mol. The zero-order chi connectivity index (χ0) is 24.0. The maximum Gasteiger partial charge on any atom is 0.234 e. The standard InChI is InChI=1S/C22H27N5O4S2/c1-16-12-17(14-31-2)18(13-23)22(24-16)32-15-21(28)25-19-6-4-5-7-20(19)26-8-10-27(11-9-26)33(3,29)30/h4-7,12H,8-11,14-15H2,1-3H3,(H,25,28). The van der Waals surface area contributed by atoms with Crippen molar-refractivity contribution in [3.8, 4) is 6.07 Å². The van der Waals surface area contributed by atoms with Crippen LogP contribution >= 0.6 is 11.8 Å². The van der Waals surface area contributed by atoms with Crippen LogP contribution in [-0.4, -0.2) is 68.9 Å². The molecule has 1 aromatic carbocycles. The molecule has 0 bridgehead atoms. The molecule has 1 aromatic heterocycles. The summed E-state index contributed by atoms with van der Waals surface area (Å²) in [6.07, 6.45) is 1.22. The lowest BCUT2D eigenvalue weighted by molar-refractivity contribution is -0.113. The lowest BCUT2D eigenvalue weighted by atomic mass is 10.1. The highest BCUT2D eigenvalue weighted by molar-refractivity contribution is 8.00. The lowest BCUT2D eigenvalue weighted by Gasteiger charge is -2.35. The highest BCUT2D eigenvalue weighted by Crippen LogP contribution is 2.28. The number of anilines is 2. The van der Waals surface area contributed by atoms with Gasteiger partial charge in [0.2, 0.25) is 15.9 Å². The number of amides is 1. The fourth-order valence-corrected chi connectivity index (χ4v) is 5.34. The second kappa shape index (κ2) is 11.0. The fourth-order valence-electron chi connectivity index (χ4n) is 3.64. The number of hydrogen-bond acceptors (Lipinski definition) is 8. The van der Waals surface area contributed by atoms with Gasteiger partial charge in [0, 0.05) is 39.0 Å². The number of rotatable bonds is 8. The third kappa shape index (κ3) is 6.45. The fraction of sp³-hybridized carbons (Fsp3) is 0.409. The topological polar surface area (TPSA) is 116 Å². The van der Waals surface area contributed by atoms with E-state index in [9.17, 15) is 18.5 Å². The summed E-state index contributed by atoms with van der Waals surface area (Å²) in [4.78, 5) is 19.2. The number of thioether (sulfide) groups is 1. The second-order valence-corrected chi connectivity index (χ2v) is 10.6. The van der Waals surface area contributed by atoms with Crippen molar-refractivity contribution in [3.05, 3.63) is 47.2 Å². The monoisotopic (exact) mass is 489 g/mol. The number of benzene rings is 1. The van der Waals surface area contributed by atoms with Crippen LogP contribution in [0, 0.1) is 18.3 Å². The molecule has 11 heteroatoms. The second-order valence-electron chi connectivity index (χ2n) is 7.65. The molecule has 1 aliphatic rings. The Morgan fingerprint density at radius 2 is 1.97 bits per heavy atom. The van der Waals surface area contributed by atoms with Gasteiger partial charge in [-0.3, -0.25) is 4.79 Å². The summed E-state index contributed by atoms with van der Waals surface area (Å²) in [6, 6.07) is 11.4. The third-order valence-corrected chi connectivity index (χ3v) is 7.45. The molecule has 2 aromatic rings. The van der Waals surface area contributed by atoms with Crippen molar-refractivity contribution in [2.45, 2.75) is 18.6 Å². The predicted octanol–water partition coefficient (Wildman–Crippen LogP) is 2.22. The van der Waals surface area contributed by atoms with Crippen molar-refractivity contribution in [1.29, 1.82) is 5.26 Å². The van der Waals surface area contributed by atoms with Gasteiger partial charge in [-0.1, -0.05) is 23.9 Å². The summed E-state index contributed by atoms with van der Waals surface area (Å²) < 4.78 is 30.2. The zero-order valence-electron chi connectivity index (χ0n) is 18.9. The number of carbonyl (C=O) groups excluding carboxylic acids is 1. The number of piperazine rings is 1. The average Bonchev–Trinajstić information content (AvgIpc) is 2.77. The van der Waals surface area contributed by atoms with Gasteiger partial charge >= 0.3 is 0 Å². The number of ether oxygens (including phenoxy) is 1. The number of pyridine rings is 1. The van der Waals surface area contributed by atoms with Crippen LogP contribution in [0.2, 0.25) is 0 Å². The molecular formula is C22H27N5O4S2. The maximum atomic E-state index is 12.7. The Labute approximate surface area is 198 Å². The van der Waals surface area contributed by atoms with E-state index >= 15 is 0 Å². The summed E-state index contributed by atoms with van der Waals surface area (Å²) in [6.45, 7) is 4.01. The van der Waals surface area contributed by atoms with Crippen LogP contribution < -0.4 is 10.2 Å². The average molecular weight is 490 g/mol. The van der Waals surface area contributed by atoms with E-state index in [2.05, 4.69) is 21.3 Å². The van der Waals surface area contributed by atoms with E-state index in [0.29, 0.717) is 49.1 Å². The number of para-hydroxylation sites is 2. The normalized spacial score (nSPS) is 14.7. The minimum atomic E-state index is -3.21. The highest BCUT2D eigenvalue weighted by atomic mass is 32.2. The van der Waals surface area contributed by atoms with Crippen LogP contribution in [0.25, 0.3) is 0 Å². The van der Waals surface area contributed by atoms with Crippen molar-refractivity contribution in [3.63, 3.8) is 0 Å². The minimum absolute atomic E-state index is 0.0910. The molecule has 2 heterocycles. The quantitative estimate of drug-likeness (QED) is 0.561. The Hall–Kier alpha value is -2.65. The molecule has 0 aliphatic carbocycles. The molecule has 1 N–H and O–H groups in total. The maximum absolute atomic E-state index is 12.7. The number of aromatic nitrogens is 1. The third-order valence-electron chi connectivity index (χ3n) is 5.17. The van der Waals surface area contributed by atoms with Gasteiger partial charge < -0.3 is 15.0 Å². The Morgan fingerprint density at radius 3 is 2.61 bits per heavy atom. The summed E-state index contributed by atoms with van der Waals surface area (Å²) in [5, 5.41) is 13.0. The van der Waals surface area contributed by atoms with Crippen molar-refractivity contribution in [1.82, 2.24) is 9.29 Å². The lowest BCUT2D eigenvalue weighted by Crippen LogP contribution is -2.48. The Morgan fingerprint density at radius 1 is 1.27 bits per heavy atom. The van der Waals surface area contributed by atoms with Crippen molar-refractivity contribution in [2.24, 2.45) is 0 Å². The number of nitrogens with one attached hydrogen (secondary N) is 1. The zero-order valence-corrected chi connectivity index (χ0v) is 20.5. The van der Waals surface area contributed by atoms with Crippen molar-refractivity contribution >= 4 is 39.1 Å². The SMILES string of the molecule is COCc1cc(C)nc(SCC(=O)Nc2ccccc2N2CCN(S(C)(=O)=O)CC2)c1C#N. The van der Waals surface area contributed by atoms with Crippen LogP contribution in [0.1, 0.15) is 16.8 Å². The van der Waals surface area contributed by atoms with Gasteiger partial charge in [0.1, 0.15) is 11.1 Å². The van der Waals surface area contributed by atoms with Gasteiger partial charge in [-0.05, 0) is 30.7 Å². The molecule has 1 aliphatic heterocycles. The molecule has 176 valence electrons. The number of nitriles is 1. The molecule has 3 rings (SSSR count). The molecule has 33 heavy (non-hydrogen) atoms. The summed E-state index contributed by atoms with van der Waals surface area (Å²) in [7, 11) is -1.65. The van der Waals surface area contributed by atoms with Gasteiger partial charge in [0.15, 0.2) is 0 Å². The van der Waals surface area contributed by atoms with E-state index in [0.717, 1.165) is 16.9 Å². The Bertz CT molecular complexity index is 1160. The molecule has 1 amide bonds. The van der Waals surface area contributed by atoms with E-state index in [1.807, 2.05) is 37.3 Å². The number of aryl methyl sites for hydroxylation is 1. The minimum Gasteiger partial charge on any atom is -0.380 e. The van der Waals surface area contributed by atoms with Crippen LogP contribution in [-0.2, 0) is 26.2 Å². The molecule has 0 spiro atoms. The van der Waals surface area contributed by atoms with Crippen LogP contribution in [0.3, 0.4) is 0 Å².